The van der Waals surface area contributed by atoms with Crippen molar-refractivity contribution in [3.63, 3.8) is 0 Å². The normalized spacial score (nSPS) is 15.9. The average Bonchev–Trinajstić information content (AvgIpc) is 3.02. The third-order valence-corrected chi connectivity index (χ3v) is 7.90. The number of benzene rings is 4. The number of hydrogen-bond donors (Lipinski definition) is 0. The Labute approximate surface area is 180 Å². The van der Waals surface area contributed by atoms with Gasteiger partial charge in [-0.1, -0.05) is 101 Å². The Hall–Kier alpha value is -2.60. The van der Waals surface area contributed by atoms with Gasteiger partial charge in [0, 0.05) is 5.41 Å². The van der Waals surface area contributed by atoms with Crippen molar-refractivity contribution >= 4 is 37.9 Å². The van der Waals surface area contributed by atoms with Gasteiger partial charge in [0.25, 0.3) is 0 Å². The molecule has 0 spiro atoms. The second kappa shape index (κ2) is 6.71. The van der Waals surface area contributed by atoms with Crippen molar-refractivity contribution in [3.05, 3.63) is 77.4 Å². The number of hydrogen-bond acceptors (Lipinski definition) is 0. The minimum Gasteiger partial charge on any atom is -0.0616 e. The highest BCUT2D eigenvalue weighted by atomic mass is 14.5. The first-order valence-electron chi connectivity index (χ1n) is 11.5. The van der Waals surface area contributed by atoms with Crippen molar-refractivity contribution in [2.75, 3.05) is 0 Å². The Kier molecular flexibility index (Phi) is 4.33. The van der Waals surface area contributed by atoms with Gasteiger partial charge in [-0.3, -0.25) is 0 Å². The van der Waals surface area contributed by atoms with Crippen molar-refractivity contribution in [1.29, 1.82) is 0 Å². The molecule has 0 aromatic heterocycles. The molecule has 0 bridgehead atoms. The molecule has 0 fully saturated rings. The van der Waals surface area contributed by atoms with E-state index in [4.69, 9.17) is 0 Å². The van der Waals surface area contributed by atoms with E-state index in [0.29, 0.717) is 11.8 Å². The second-order valence-electron chi connectivity index (χ2n) is 9.64. The molecular weight excluding hydrogens is 360 g/mol. The zero-order valence-electron chi connectivity index (χ0n) is 19.1. The summed E-state index contributed by atoms with van der Waals surface area (Å²) in [6, 6.07) is 22.8. The summed E-state index contributed by atoms with van der Waals surface area (Å²) in [6.45, 7) is 14.4. The largest absolute Gasteiger partial charge is 0.0616 e. The molecule has 152 valence electrons. The summed E-state index contributed by atoms with van der Waals surface area (Å²) < 4.78 is 0. The van der Waals surface area contributed by atoms with Crippen molar-refractivity contribution in [3.8, 4) is 0 Å². The highest BCUT2D eigenvalue weighted by Gasteiger charge is 2.48. The smallest absolute Gasteiger partial charge is 0.0223 e. The molecule has 1 aliphatic rings. The van der Waals surface area contributed by atoms with Crippen molar-refractivity contribution in [2.45, 2.75) is 53.4 Å². The van der Waals surface area contributed by atoms with Gasteiger partial charge >= 0.3 is 0 Å². The van der Waals surface area contributed by atoms with Gasteiger partial charge in [-0.25, -0.2) is 0 Å². The highest BCUT2D eigenvalue weighted by molar-refractivity contribution is 6.27. The SMILES string of the molecule is CCC1=C(C)C(C(C)C)(C(C)C)c2c1ccc1c3ccccc3c3ccccc3c21. The van der Waals surface area contributed by atoms with Crippen LogP contribution in [0.5, 0.6) is 0 Å². The van der Waals surface area contributed by atoms with Crippen molar-refractivity contribution in [1.82, 2.24) is 0 Å². The monoisotopic (exact) mass is 392 g/mol. The van der Waals surface area contributed by atoms with Crippen LogP contribution in [-0.2, 0) is 5.41 Å². The summed E-state index contributed by atoms with van der Waals surface area (Å²) in [5.41, 5.74) is 6.30. The van der Waals surface area contributed by atoms with E-state index >= 15 is 0 Å². The van der Waals surface area contributed by atoms with E-state index in [9.17, 15) is 0 Å². The van der Waals surface area contributed by atoms with E-state index < -0.39 is 0 Å². The molecule has 1 aliphatic carbocycles. The first-order valence-corrected chi connectivity index (χ1v) is 11.5. The molecule has 0 heterocycles. The Morgan fingerprint density at radius 3 is 1.63 bits per heavy atom. The van der Waals surface area contributed by atoms with E-state index in [1.807, 2.05) is 0 Å². The maximum atomic E-state index is 2.42. The second-order valence-corrected chi connectivity index (χ2v) is 9.64. The molecule has 0 unspecified atom stereocenters. The third-order valence-electron chi connectivity index (χ3n) is 7.90. The number of allylic oxidation sites excluding steroid dienone is 2. The van der Waals surface area contributed by atoms with Gasteiger partial charge in [-0.05, 0) is 74.2 Å². The molecule has 30 heavy (non-hydrogen) atoms. The van der Waals surface area contributed by atoms with Gasteiger partial charge in [0.05, 0.1) is 0 Å². The molecule has 0 saturated carbocycles. The lowest BCUT2D eigenvalue weighted by molar-refractivity contribution is 0.274. The lowest BCUT2D eigenvalue weighted by Gasteiger charge is -2.42. The lowest BCUT2D eigenvalue weighted by atomic mass is 9.61. The summed E-state index contributed by atoms with van der Waals surface area (Å²) in [4.78, 5) is 0. The first kappa shape index (κ1) is 19.4. The zero-order valence-corrected chi connectivity index (χ0v) is 19.1. The van der Waals surface area contributed by atoms with Gasteiger partial charge in [0.15, 0.2) is 0 Å². The van der Waals surface area contributed by atoms with Crippen LogP contribution in [0.4, 0.5) is 0 Å². The van der Waals surface area contributed by atoms with Crippen molar-refractivity contribution < 1.29 is 0 Å². The Bertz CT molecular complexity index is 1290. The van der Waals surface area contributed by atoms with Crippen LogP contribution in [0.2, 0.25) is 0 Å². The van der Waals surface area contributed by atoms with Gasteiger partial charge in [-0.2, -0.15) is 0 Å². The molecule has 5 rings (SSSR count). The maximum Gasteiger partial charge on any atom is 0.0223 e. The summed E-state index contributed by atoms with van der Waals surface area (Å²) in [6.07, 6.45) is 1.09. The number of rotatable bonds is 3. The van der Waals surface area contributed by atoms with Crippen LogP contribution in [0.3, 0.4) is 0 Å². The van der Waals surface area contributed by atoms with Crippen LogP contribution in [0.25, 0.3) is 37.9 Å². The van der Waals surface area contributed by atoms with Crippen LogP contribution >= 0.6 is 0 Å². The van der Waals surface area contributed by atoms with Gasteiger partial charge < -0.3 is 0 Å². The van der Waals surface area contributed by atoms with Crippen LogP contribution in [0, 0.1) is 11.8 Å². The van der Waals surface area contributed by atoms with Gasteiger partial charge in [0.1, 0.15) is 0 Å². The average molecular weight is 393 g/mol. The van der Waals surface area contributed by atoms with E-state index in [1.165, 1.54) is 37.9 Å². The number of fused-ring (bicyclic) bond motifs is 8. The Morgan fingerprint density at radius 1 is 0.667 bits per heavy atom. The zero-order chi connectivity index (χ0) is 21.2. The van der Waals surface area contributed by atoms with Crippen molar-refractivity contribution in [2.24, 2.45) is 11.8 Å². The van der Waals surface area contributed by atoms with Gasteiger partial charge in [0.2, 0.25) is 0 Å². The van der Waals surface area contributed by atoms with E-state index in [2.05, 4.69) is 102 Å². The summed E-state index contributed by atoms with van der Waals surface area (Å²) in [5, 5.41) is 8.39. The van der Waals surface area contributed by atoms with E-state index in [-0.39, 0.29) is 5.41 Å². The lowest BCUT2D eigenvalue weighted by Crippen LogP contribution is -2.37. The van der Waals surface area contributed by atoms with Crippen LogP contribution in [0.1, 0.15) is 59.1 Å². The molecule has 0 nitrogen and oxygen atoms in total. The summed E-state index contributed by atoms with van der Waals surface area (Å²) >= 11 is 0. The molecule has 0 amide bonds. The molecule has 0 radical (unpaired) electrons. The fourth-order valence-corrected chi connectivity index (χ4v) is 6.88. The fraction of sp³-hybridized carbons (Fsp3) is 0.333. The molecule has 4 aromatic rings. The topological polar surface area (TPSA) is 0 Å². The third kappa shape index (κ3) is 2.23. The quantitative estimate of drug-likeness (QED) is 0.305. The standard InChI is InChI=1S/C30H32/c1-7-21-20(6)30(18(2)3,19(4)5)29-27(21)17-16-26-24-14-9-8-12-22(24)23-13-10-11-15-25(23)28(26)29/h8-19H,7H2,1-6H3. The predicted molar refractivity (Wildman–Crippen MR) is 133 cm³/mol. The Morgan fingerprint density at radius 2 is 1.13 bits per heavy atom. The molecule has 0 saturated heterocycles. The summed E-state index contributed by atoms with van der Waals surface area (Å²) in [7, 11) is 0. The molecule has 0 aliphatic heterocycles. The van der Waals surface area contributed by atoms with E-state index in [0.717, 1.165) is 6.42 Å². The minimum atomic E-state index is 0.0748. The molecule has 0 N–H and O–H groups in total. The molecule has 0 heteroatoms. The van der Waals surface area contributed by atoms with Crippen LogP contribution in [0.15, 0.2) is 66.2 Å². The van der Waals surface area contributed by atoms with Crippen LogP contribution in [-0.4, -0.2) is 0 Å². The predicted octanol–water partition coefficient (Wildman–Crippen LogP) is 8.89. The van der Waals surface area contributed by atoms with Crippen LogP contribution < -0.4 is 0 Å². The molecule has 4 aromatic carbocycles. The highest BCUT2D eigenvalue weighted by Crippen LogP contribution is 2.58. The maximum absolute atomic E-state index is 2.42. The summed E-state index contributed by atoms with van der Waals surface area (Å²) in [5.74, 6) is 1.08. The first-order chi connectivity index (χ1) is 14.4. The Balaban J connectivity index is 2.11. The van der Waals surface area contributed by atoms with Gasteiger partial charge in [-0.15, -0.1) is 0 Å². The molecule has 0 atom stereocenters. The minimum absolute atomic E-state index is 0.0748. The fourth-order valence-electron chi connectivity index (χ4n) is 6.88. The van der Waals surface area contributed by atoms with E-state index in [1.54, 1.807) is 16.7 Å². The molecular formula is C30H32.